The number of pyridine rings is 1. The zero-order valence-electron chi connectivity index (χ0n) is 22.1. The Morgan fingerprint density at radius 1 is 1.15 bits per heavy atom. The number of rotatable bonds is 7. The highest BCUT2D eigenvalue weighted by atomic mass is 32.1. The zero-order valence-corrected chi connectivity index (χ0v) is 22.9. The highest BCUT2D eigenvalue weighted by Crippen LogP contribution is 2.42. The van der Waals surface area contributed by atoms with Gasteiger partial charge in [-0.2, -0.15) is 26.3 Å². The number of carbonyl (C=O) groups is 2. The van der Waals surface area contributed by atoms with Crippen molar-refractivity contribution < 1.29 is 55.6 Å². The van der Waals surface area contributed by atoms with E-state index in [1.54, 1.807) is 17.5 Å². The molecule has 2 aromatic rings. The predicted octanol–water partition coefficient (Wildman–Crippen LogP) is 5.09. The normalized spacial score (nSPS) is 18.7. The van der Waals surface area contributed by atoms with Crippen molar-refractivity contribution >= 4 is 23.3 Å². The Morgan fingerprint density at radius 2 is 1.76 bits per heavy atom. The molecule has 4 rings (SSSR count). The van der Waals surface area contributed by atoms with Crippen LogP contribution in [0.2, 0.25) is 0 Å². The maximum absolute atomic E-state index is 10.6. The highest BCUT2D eigenvalue weighted by molar-refractivity contribution is 7.09. The number of thiazole rings is 1. The third-order valence-corrected chi connectivity index (χ3v) is 7.52. The number of hydrogen-bond donors (Lipinski definition) is 2. The lowest BCUT2D eigenvalue weighted by atomic mass is 9.78. The first-order chi connectivity index (χ1) is 19.1. The molecule has 41 heavy (non-hydrogen) atoms. The van der Waals surface area contributed by atoms with Crippen molar-refractivity contribution in [2.45, 2.75) is 63.7 Å². The molecule has 0 aliphatic carbocycles. The maximum atomic E-state index is 10.6. The summed E-state index contributed by atoms with van der Waals surface area (Å²) in [5, 5.41) is 14.2. The molecule has 2 aromatic heterocycles. The van der Waals surface area contributed by atoms with Crippen LogP contribution in [0.25, 0.3) is 0 Å². The summed E-state index contributed by atoms with van der Waals surface area (Å²) in [6.07, 6.45) is -1.96. The maximum Gasteiger partial charge on any atom is 0.490 e. The minimum Gasteiger partial charge on any atom is -0.475 e. The van der Waals surface area contributed by atoms with Crippen LogP contribution < -0.4 is 0 Å². The Labute approximate surface area is 236 Å². The summed E-state index contributed by atoms with van der Waals surface area (Å²) in [6, 6.07) is 4.02. The summed E-state index contributed by atoms with van der Waals surface area (Å²) < 4.78 is 75.7. The number of likely N-dealkylation sites (tertiary alicyclic amines) is 1. The molecule has 0 radical (unpaired) electrons. The molecule has 0 saturated carbocycles. The monoisotopic (exact) mass is 615 g/mol. The van der Waals surface area contributed by atoms with Gasteiger partial charge in [-0.1, -0.05) is 6.07 Å². The summed E-state index contributed by atoms with van der Waals surface area (Å²) in [4.78, 5) is 30.3. The highest BCUT2D eigenvalue weighted by Gasteiger charge is 2.45. The van der Waals surface area contributed by atoms with Crippen molar-refractivity contribution in [1.82, 2.24) is 14.9 Å². The van der Waals surface area contributed by atoms with Crippen molar-refractivity contribution in [3.63, 3.8) is 0 Å². The number of carboxylic acid groups (broad SMARTS) is 2. The molecule has 1 spiro atoms. The van der Waals surface area contributed by atoms with Gasteiger partial charge in [0.15, 0.2) is 0 Å². The number of aryl methyl sites for hydroxylation is 1. The number of carboxylic acids is 2. The number of hydrogen-bond acceptors (Lipinski definition) is 8. The van der Waals surface area contributed by atoms with Gasteiger partial charge in [0.2, 0.25) is 0 Å². The van der Waals surface area contributed by atoms with Gasteiger partial charge >= 0.3 is 24.3 Å². The van der Waals surface area contributed by atoms with Crippen LogP contribution in [-0.4, -0.2) is 81.3 Å². The van der Waals surface area contributed by atoms with Gasteiger partial charge in [0.05, 0.1) is 23.4 Å². The number of aromatic nitrogens is 2. The molecule has 16 heteroatoms. The van der Waals surface area contributed by atoms with E-state index >= 15 is 0 Å². The topological polar surface area (TPSA) is 122 Å². The standard InChI is InChI=1S/C21H29N3O2S.2C2HF3O2/c1-17-20(27-16-23-17)14-24-9-6-21(7-10-24)19(5-12-26-21)4-11-25-15-18-3-2-8-22-13-18;2*3-2(4,5)1(6)7/h2-3,8,13,16,19H,4-7,9-12,14-15H2,1H3;2*(H,6,7). The first kappa shape index (κ1) is 34.4. The lowest BCUT2D eigenvalue weighted by molar-refractivity contribution is -0.193. The van der Waals surface area contributed by atoms with Gasteiger partial charge in [-0.05, 0) is 50.2 Å². The van der Waals surface area contributed by atoms with E-state index in [0.717, 1.165) is 57.7 Å². The number of nitrogens with zero attached hydrogens (tertiary/aromatic N) is 3. The summed E-state index contributed by atoms with van der Waals surface area (Å²) in [5.41, 5.74) is 4.36. The van der Waals surface area contributed by atoms with E-state index < -0.39 is 24.3 Å². The van der Waals surface area contributed by atoms with Gasteiger partial charge in [0, 0.05) is 50.1 Å². The van der Waals surface area contributed by atoms with Crippen molar-refractivity contribution in [3.05, 3.63) is 46.2 Å². The Morgan fingerprint density at radius 3 is 2.24 bits per heavy atom. The Kier molecular flexibility index (Phi) is 12.9. The van der Waals surface area contributed by atoms with Crippen LogP contribution >= 0.6 is 11.3 Å². The van der Waals surface area contributed by atoms with E-state index in [1.165, 1.54) is 17.0 Å². The van der Waals surface area contributed by atoms with E-state index in [0.29, 0.717) is 12.5 Å². The number of piperidine rings is 1. The molecule has 0 amide bonds. The average molecular weight is 616 g/mol. The smallest absolute Gasteiger partial charge is 0.475 e. The van der Waals surface area contributed by atoms with E-state index in [9.17, 15) is 26.3 Å². The van der Waals surface area contributed by atoms with Crippen molar-refractivity contribution in [1.29, 1.82) is 0 Å². The molecule has 4 heterocycles. The zero-order chi connectivity index (χ0) is 30.7. The van der Waals surface area contributed by atoms with Gasteiger partial charge < -0.3 is 19.7 Å². The molecule has 2 saturated heterocycles. The summed E-state index contributed by atoms with van der Waals surface area (Å²) in [7, 11) is 0. The second-order valence-electron chi connectivity index (χ2n) is 9.34. The first-order valence-corrected chi connectivity index (χ1v) is 13.3. The van der Waals surface area contributed by atoms with Crippen LogP contribution in [0.3, 0.4) is 0 Å². The quantitative estimate of drug-likeness (QED) is 0.324. The van der Waals surface area contributed by atoms with Crippen LogP contribution in [-0.2, 0) is 32.2 Å². The fourth-order valence-corrected chi connectivity index (χ4v) is 5.23. The second kappa shape index (κ2) is 15.4. The lowest BCUT2D eigenvalue weighted by Crippen LogP contribution is -2.47. The van der Waals surface area contributed by atoms with Gasteiger partial charge in [0.25, 0.3) is 0 Å². The van der Waals surface area contributed by atoms with Gasteiger partial charge in [-0.15, -0.1) is 11.3 Å². The van der Waals surface area contributed by atoms with E-state index in [4.69, 9.17) is 29.3 Å². The summed E-state index contributed by atoms with van der Waals surface area (Å²) in [6.45, 7) is 7.73. The molecular weight excluding hydrogens is 584 g/mol. The van der Waals surface area contributed by atoms with Crippen molar-refractivity contribution in [2.24, 2.45) is 5.92 Å². The number of ether oxygens (including phenoxy) is 2. The minimum absolute atomic E-state index is 0.0803. The summed E-state index contributed by atoms with van der Waals surface area (Å²) in [5.74, 6) is -4.89. The van der Waals surface area contributed by atoms with Crippen LogP contribution in [0.1, 0.15) is 41.8 Å². The van der Waals surface area contributed by atoms with Crippen LogP contribution in [0.4, 0.5) is 26.3 Å². The molecule has 0 bridgehead atoms. The molecular formula is C25H31F6N3O6S. The first-order valence-electron chi connectivity index (χ1n) is 12.5. The predicted molar refractivity (Wildman–Crippen MR) is 134 cm³/mol. The third kappa shape index (κ3) is 11.5. The van der Waals surface area contributed by atoms with E-state index in [-0.39, 0.29) is 5.60 Å². The molecule has 2 aliphatic rings. The molecule has 9 nitrogen and oxygen atoms in total. The number of halogens is 6. The van der Waals surface area contributed by atoms with Crippen molar-refractivity contribution in [3.8, 4) is 0 Å². The van der Waals surface area contributed by atoms with Crippen molar-refractivity contribution in [2.75, 3.05) is 26.3 Å². The van der Waals surface area contributed by atoms with Crippen LogP contribution in [0.15, 0.2) is 30.0 Å². The number of alkyl halides is 6. The van der Waals surface area contributed by atoms with Gasteiger partial charge in [0.1, 0.15) is 0 Å². The van der Waals surface area contributed by atoms with E-state index in [2.05, 4.69) is 27.9 Å². The lowest BCUT2D eigenvalue weighted by Gasteiger charge is -2.42. The Hall–Kier alpha value is -2.82. The second-order valence-corrected chi connectivity index (χ2v) is 10.3. The molecule has 1 atom stereocenters. The molecule has 230 valence electrons. The number of aliphatic carboxylic acids is 2. The third-order valence-electron chi connectivity index (χ3n) is 6.60. The molecule has 2 fully saturated rings. The molecule has 1 unspecified atom stereocenters. The van der Waals surface area contributed by atoms with Gasteiger partial charge in [-0.3, -0.25) is 9.88 Å². The van der Waals surface area contributed by atoms with E-state index in [1.807, 2.05) is 17.8 Å². The Balaban J connectivity index is 0.000000349. The molecule has 0 aromatic carbocycles. The Bertz CT molecular complexity index is 1070. The minimum atomic E-state index is -5.08. The SMILES string of the molecule is Cc1ncsc1CN1CCC2(CC1)OCCC2CCOCc1cccnc1.O=C(O)C(F)(F)F.O=C(O)C(F)(F)F. The van der Waals surface area contributed by atoms with Crippen LogP contribution in [0.5, 0.6) is 0 Å². The van der Waals surface area contributed by atoms with Gasteiger partial charge in [-0.25, -0.2) is 14.6 Å². The van der Waals surface area contributed by atoms with Crippen LogP contribution in [0, 0.1) is 12.8 Å². The average Bonchev–Trinajstić information content (AvgIpc) is 3.49. The largest absolute Gasteiger partial charge is 0.490 e. The molecule has 2 aliphatic heterocycles. The summed E-state index contributed by atoms with van der Waals surface area (Å²) >= 11 is 1.77. The molecule has 2 N–H and O–H groups in total. The fraction of sp³-hybridized carbons (Fsp3) is 0.600. The fourth-order valence-electron chi connectivity index (χ4n) is 4.42.